The molecule has 1 aromatic carbocycles. The summed E-state index contributed by atoms with van der Waals surface area (Å²) in [5.74, 6) is 0.837. The number of aryl methyl sites for hydroxylation is 1. The summed E-state index contributed by atoms with van der Waals surface area (Å²) in [6.07, 6.45) is 6.21. The normalized spacial score (nSPS) is 22.4. The van der Waals surface area contributed by atoms with Crippen molar-refractivity contribution in [2.24, 2.45) is 0 Å². The van der Waals surface area contributed by atoms with E-state index in [1.54, 1.807) is 0 Å². The van der Waals surface area contributed by atoms with Crippen LogP contribution in [0.3, 0.4) is 0 Å². The van der Waals surface area contributed by atoms with Gasteiger partial charge in [-0.3, -0.25) is 0 Å². The molecule has 2 saturated heterocycles. The highest BCUT2D eigenvalue weighted by Gasteiger charge is 2.26. The summed E-state index contributed by atoms with van der Waals surface area (Å²) < 4.78 is 5.70. The zero-order chi connectivity index (χ0) is 16.8. The Bertz CT molecular complexity index is 477. The summed E-state index contributed by atoms with van der Waals surface area (Å²) >= 11 is 0. The molecule has 3 rings (SSSR count). The summed E-state index contributed by atoms with van der Waals surface area (Å²) in [6.45, 7) is 7.93. The Hall–Kier alpha value is -1.10. The molecule has 2 aliphatic heterocycles. The van der Waals surface area contributed by atoms with Crippen molar-refractivity contribution < 1.29 is 9.84 Å². The minimum Gasteiger partial charge on any atom is -0.491 e. The van der Waals surface area contributed by atoms with Gasteiger partial charge in [0, 0.05) is 12.6 Å². The summed E-state index contributed by atoms with van der Waals surface area (Å²) in [7, 11) is 0. The third-order valence-electron chi connectivity index (χ3n) is 5.40. The van der Waals surface area contributed by atoms with E-state index in [-0.39, 0.29) is 0 Å². The van der Waals surface area contributed by atoms with Crippen molar-refractivity contribution in [3.8, 4) is 5.75 Å². The Labute approximate surface area is 146 Å². The number of rotatable bonds is 6. The second-order valence-electron chi connectivity index (χ2n) is 7.41. The molecule has 1 aromatic rings. The Morgan fingerprint density at radius 1 is 1.04 bits per heavy atom. The van der Waals surface area contributed by atoms with E-state index in [0.29, 0.717) is 6.61 Å². The van der Waals surface area contributed by atoms with Gasteiger partial charge in [-0.25, -0.2) is 0 Å². The van der Waals surface area contributed by atoms with Crippen LogP contribution in [0.5, 0.6) is 5.75 Å². The van der Waals surface area contributed by atoms with E-state index in [1.807, 2.05) is 24.3 Å². The molecule has 0 radical (unpaired) electrons. The maximum Gasteiger partial charge on any atom is 0.119 e. The van der Waals surface area contributed by atoms with Crippen LogP contribution in [0.15, 0.2) is 24.3 Å². The molecular formula is C20H32N2O2. The number of ether oxygens (including phenoxy) is 1. The summed E-state index contributed by atoms with van der Waals surface area (Å²) in [6, 6.07) is 8.76. The Morgan fingerprint density at radius 2 is 1.71 bits per heavy atom. The van der Waals surface area contributed by atoms with Crippen molar-refractivity contribution in [1.82, 2.24) is 9.80 Å². The zero-order valence-electron chi connectivity index (χ0n) is 15.0. The molecule has 24 heavy (non-hydrogen) atoms. The number of hydrogen-bond donors (Lipinski definition) is 1. The highest BCUT2D eigenvalue weighted by Crippen LogP contribution is 2.21. The van der Waals surface area contributed by atoms with Crippen molar-refractivity contribution in [1.29, 1.82) is 0 Å². The molecule has 1 atom stereocenters. The molecule has 0 aromatic heterocycles. The van der Waals surface area contributed by atoms with E-state index in [9.17, 15) is 5.11 Å². The van der Waals surface area contributed by atoms with E-state index in [1.165, 1.54) is 50.8 Å². The van der Waals surface area contributed by atoms with Crippen LogP contribution in [-0.4, -0.2) is 66.4 Å². The molecule has 0 bridgehead atoms. The van der Waals surface area contributed by atoms with Crippen molar-refractivity contribution >= 4 is 0 Å². The molecule has 4 nitrogen and oxygen atoms in total. The number of hydrogen-bond acceptors (Lipinski definition) is 4. The predicted octanol–water partition coefficient (Wildman–Crippen LogP) is 2.69. The van der Waals surface area contributed by atoms with E-state index in [2.05, 4.69) is 16.7 Å². The van der Waals surface area contributed by atoms with Crippen LogP contribution >= 0.6 is 0 Å². The fourth-order valence-electron chi connectivity index (χ4n) is 3.93. The molecule has 2 heterocycles. The van der Waals surface area contributed by atoms with Crippen LogP contribution in [-0.2, 0) is 0 Å². The fourth-order valence-corrected chi connectivity index (χ4v) is 3.93. The Kier molecular flexibility index (Phi) is 6.52. The highest BCUT2D eigenvalue weighted by molar-refractivity contribution is 5.26. The van der Waals surface area contributed by atoms with Gasteiger partial charge in [0.05, 0.1) is 0 Å². The second-order valence-corrected chi connectivity index (χ2v) is 7.41. The number of β-amino-alcohol motifs (C(OH)–C–C–N with tert-alkyl or cyclic N) is 1. The standard InChI is InChI=1S/C20H32N2O2/c1-17-5-7-20(8-6-17)24-16-19(23)15-21-13-9-18(10-14-21)22-11-3-2-4-12-22/h5-8,18-19,23H,2-4,9-16H2,1H3/t19-/m0/s1. The van der Waals surface area contributed by atoms with Gasteiger partial charge in [0.15, 0.2) is 0 Å². The lowest BCUT2D eigenvalue weighted by atomic mass is 10.00. The summed E-state index contributed by atoms with van der Waals surface area (Å²) in [5, 5.41) is 10.3. The largest absolute Gasteiger partial charge is 0.491 e. The van der Waals surface area contributed by atoms with E-state index in [0.717, 1.165) is 31.4 Å². The minimum atomic E-state index is -0.419. The van der Waals surface area contributed by atoms with Gasteiger partial charge in [-0.05, 0) is 70.9 Å². The van der Waals surface area contributed by atoms with Gasteiger partial charge in [0.1, 0.15) is 18.5 Å². The van der Waals surface area contributed by atoms with E-state index < -0.39 is 6.10 Å². The quantitative estimate of drug-likeness (QED) is 0.869. The van der Waals surface area contributed by atoms with Crippen LogP contribution in [0, 0.1) is 6.92 Å². The van der Waals surface area contributed by atoms with E-state index >= 15 is 0 Å². The van der Waals surface area contributed by atoms with Crippen LogP contribution in [0.25, 0.3) is 0 Å². The first-order valence-corrected chi connectivity index (χ1v) is 9.54. The Balaban J connectivity index is 1.35. The Morgan fingerprint density at radius 3 is 2.38 bits per heavy atom. The third-order valence-corrected chi connectivity index (χ3v) is 5.40. The lowest BCUT2D eigenvalue weighted by Crippen LogP contribution is -2.48. The number of aliphatic hydroxyl groups excluding tert-OH is 1. The topological polar surface area (TPSA) is 35.9 Å². The van der Waals surface area contributed by atoms with Gasteiger partial charge in [-0.1, -0.05) is 24.1 Å². The fraction of sp³-hybridized carbons (Fsp3) is 0.700. The number of nitrogens with zero attached hydrogens (tertiary/aromatic N) is 2. The van der Waals surface area contributed by atoms with Gasteiger partial charge < -0.3 is 19.6 Å². The highest BCUT2D eigenvalue weighted by atomic mass is 16.5. The molecule has 0 spiro atoms. The lowest BCUT2D eigenvalue weighted by molar-refractivity contribution is 0.0406. The average molecular weight is 332 g/mol. The van der Waals surface area contributed by atoms with Crippen molar-refractivity contribution in [3.63, 3.8) is 0 Å². The van der Waals surface area contributed by atoms with Gasteiger partial charge >= 0.3 is 0 Å². The third kappa shape index (κ3) is 5.20. The van der Waals surface area contributed by atoms with Crippen molar-refractivity contribution in [2.45, 2.75) is 51.2 Å². The number of aliphatic hydroxyl groups is 1. The van der Waals surface area contributed by atoms with Crippen LogP contribution < -0.4 is 4.74 Å². The van der Waals surface area contributed by atoms with Crippen molar-refractivity contribution in [3.05, 3.63) is 29.8 Å². The lowest BCUT2D eigenvalue weighted by Gasteiger charge is -2.40. The number of piperidine rings is 2. The second kappa shape index (κ2) is 8.84. The van der Waals surface area contributed by atoms with Crippen LogP contribution in [0.2, 0.25) is 0 Å². The first-order valence-electron chi connectivity index (χ1n) is 9.54. The molecule has 134 valence electrons. The minimum absolute atomic E-state index is 0.370. The molecule has 1 N–H and O–H groups in total. The molecule has 0 amide bonds. The SMILES string of the molecule is Cc1ccc(OC[C@@H](O)CN2CCC(N3CCCCC3)CC2)cc1. The number of likely N-dealkylation sites (tertiary alicyclic amines) is 2. The average Bonchev–Trinajstić information content (AvgIpc) is 2.63. The van der Waals surface area contributed by atoms with Gasteiger partial charge in [0.25, 0.3) is 0 Å². The molecular weight excluding hydrogens is 300 g/mol. The van der Waals surface area contributed by atoms with Gasteiger partial charge in [0.2, 0.25) is 0 Å². The maximum absolute atomic E-state index is 10.3. The predicted molar refractivity (Wildman–Crippen MR) is 97.6 cm³/mol. The number of benzene rings is 1. The first kappa shape index (κ1) is 17.7. The van der Waals surface area contributed by atoms with Gasteiger partial charge in [-0.2, -0.15) is 0 Å². The van der Waals surface area contributed by atoms with Crippen LogP contribution in [0.1, 0.15) is 37.7 Å². The molecule has 2 fully saturated rings. The molecule has 0 unspecified atom stereocenters. The molecule has 0 aliphatic carbocycles. The summed E-state index contributed by atoms with van der Waals surface area (Å²) in [4.78, 5) is 5.08. The van der Waals surface area contributed by atoms with Crippen molar-refractivity contribution in [2.75, 3.05) is 39.3 Å². The smallest absolute Gasteiger partial charge is 0.119 e. The monoisotopic (exact) mass is 332 g/mol. The maximum atomic E-state index is 10.3. The molecule has 0 saturated carbocycles. The first-order chi connectivity index (χ1) is 11.7. The zero-order valence-corrected chi connectivity index (χ0v) is 15.0. The summed E-state index contributed by atoms with van der Waals surface area (Å²) in [5.41, 5.74) is 1.22. The van der Waals surface area contributed by atoms with Crippen LogP contribution in [0.4, 0.5) is 0 Å². The molecule has 2 aliphatic rings. The molecule has 4 heteroatoms. The van der Waals surface area contributed by atoms with E-state index in [4.69, 9.17) is 4.74 Å². The van der Waals surface area contributed by atoms with Gasteiger partial charge in [-0.15, -0.1) is 0 Å².